The number of carbonyl (C=O) groups excluding carboxylic acids is 2. The van der Waals surface area contributed by atoms with Crippen molar-refractivity contribution in [1.29, 1.82) is 0 Å². The van der Waals surface area contributed by atoms with E-state index in [9.17, 15) is 9.59 Å². The molecule has 1 aromatic carbocycles. The molecule has 2 aliphatic rings. The van der Waals surface area contributed by atoms with Gasteiger partial charge in [-0.3, -0.25) is 14.6 Å². The third-order valence-electron chi connectivity index (χ3n) is 4.05. The summed E-state index contributed by atoms with van der Waals surface area (Å²) < 4.78 is 0. The molecule has 1 aromatic rings. The van der Waals surface area contributed by atoms with Crippen molar-refractivity contribution in [2.24, 2.45) is 4.99 Å². The number of nitrogens with zero attached hydrogens (tertiary/aromatic N) is 2. The first-order valence-corrected chi connectivity index (χ1v) is 8.26. The van der Waals surface area contributed by atoms with Crippen molar-refractivity contribution in [3.8, 4) is 0 Å². The van der Waals surface area contributed by atoms with E-state index in [0.29, 0.717) is 23.1 Å². The number of piperazine rings is 1. The zero-order valence-electron chi connectivity index (χ0n) is 12.9. The Morgan fingerprint density at radius 2 is 2.12 bits per heavy atom. The van der Waals surface area contributed by atoms with Gasteiger partial charge in [0, 0.05) is 18.8 Å². The molecule has 0 bridgehead atoms. The van der Waals surface area contributed by atoms with E-state index in [1.807, 2.05) is 6.07 Å². The van der Waals surface area contributed by atoms with Gasteiger partial charge in [0.1, 0.15) is 6.04 Å². The monoisotopic (exact) mass is 366 g/mol. The fourth-order valence-corrected chi connectivity index (χ4v) is 2.97. The highest BCUT2D eigenvalue weighted by Crippen LogP contribution is 2.26. The zero-order valence-corrected chi connectivity index (χ0v) is 14.4. The van der Waals surface area contributed by atoms with E-state index >= 15 is 0 Å². The Hall–Kier alpha value is -2.05. The number of hydrogen-bond acceptors (Lipinski definition) is 4. The summed E-state index contributed by atoms with van der Waals surface area (Å²) >= 11 is 12.0. The van der Waals surface area contributed by atoms with Gasteiger partial charge in [0.2, 0.25) is 5.91 Å². The number of nitrogens with one attached hydrogen (secondary N) is 2. The zero-order chi connectivity index (χ0) is 17.3. The lowest BCUT2D eigenvalue weighted by molar-refractivity contribution is -0.142. The van der Waals surface area contributed by atoms with Gasteiger partial charge in [-0.2, -0.15) is 0 Å². The molecule has 2 amide bonds. The molecular formula is C16H16Cl2N4O2. The molecule has 0 radical (unpaired) electrons. The molecule has 0 aliphatic carbocycles. The minimum atomic E-state index is -0.677. The highest BCUT2D eigenvalue weighted by Gasteiger charge is 2.33. The summed E-state index contributed by atoms with van der Waals surface area (Å²) in [5, 5.41) is 6.65. The van der Waals surface area contributed by atoms with Crippen LogP contribution in [0, 0.1) is 0 Å². The number of carbonyl (C=O) groups is 2. The van der Waals surface area contributed by atoms with Gasteiger partial charge < -0.3 is 15.5 Å². The average Bonchev–Trinajstić information content (AvgIpc) is 2.59. The number of amides is 2. The van der Waals surface area contributed by atoms with E-state index in [4.69, 9.17) is 23.2 Å². The molecular weight excluding hydrogens is 351 g/mol. The summed E-state index contributed by atoms with van der Waals surface area (Å²) in [6, 6.07) is 4.05. The normalized spacial score (nSPS) is 23.4. The summed E-state index contributed by atoms with van der Waals surface area (Å²) in [6.07, 6.45) is 3.20. The Balaban J connectivity index is 1.83. The van der Waals surface area contributed by atoms with Crippen LogP contribution in [0.25, 0.3) is 5.70 Å². The maximum absolute atomic E-state index is 12.7. The molecule has 0 saturated carbocycles. The molecule has 0 aromatic heterocycles. The summed E-state index contributed by atoms with van der Waals surface area (Å²) in [6.45, 7) is 2.63. The minimum Gasteiger partial charge on any atom is -0.353 e. The van der Waals surface area contributed by atoms with Gasteiger partial charge in [-0.15, -0.1) is 0 Å². The Morgan fingerprint density at radius 1 is 1.33 bits per heavy atom. The Morgan fingerprint density at radius 3 is 2.88 bits per heavy atom. The van der Waals surface area contributed by atoms with Gasteiger partial charge in [-0.05, 0) is 30.7 Å². The van der Waals surface area contributed by atoms with Crippen molar-refractivity contribution in [2.75, 3.05) is 13.1 Å². The second-order valence-corrected chi connectivity index (χ2v) is 6.39. The fourth-order valence-electron chi connectivity index (χ4n) is 2.67. The summed E-state index contributed by atoms with van der Waals surface area (Å²) in [5.41, 5.74) is 1.52. The molecule has 8 heteroatoms. The Kier molecular flexibility index (Phi) is 4.78. The first-order valence-electron chi connectivity index (χ1n) is 7.51. The lowest BCUT2D eigenvalue weighted by atomic mass is 10.1. The third kappa shape index (κ3) is 3.25. The molecule has 3 rings (SSSR count). The third-order valence-corrected chi connectivity index (χ3v) is 4.78. The van der Waals surface area contributed by atoms with Gasteiger partial charge in [-0.25, -0.2) is 0 Å². The number of rotatable bonds is 2. The van der Waals surface area contributed by atoms with E-state index in [1.165, 1.54) is 6.34 Å². The van der Waals surface area contributed by atoms with E-state index < -0.39 is 12.1 Å². The number of halogens is 2. The van der Waals surface area contributed by atoms with Crippen LogP contribution in [0.1, 0.15) is 12.5 Å². The van der Waals surface area contributed by atoms with Crippen LogP contribution in [-0.2, 0) is 9.59 Å². The van der Waals surface area contributed by atoms with Gasteiger partial charge in [0.25, 0.3) is 5.91 Å². The van der Waals surface area contributed by atoms with Gasteiger partial charge in [-0.1, -0.05) is 29.3 Å². The maximum Gasteiger partial charge on any atom is 0.252 e. The molecule has 2 heterocycles. The quantitative estimate of drug-likeness (QED) is 0.836. The highest BCUT2D eigenvalue weighted by molar-refractivity contribution is 6.42. The van der Waals surface area contributed by atoms with Crippen LogP contribution in [0.15, 0.2) is 29.3 Å². The van der Waals surface area contributed by atoms with E-state index in [0.717, 1.165) is 11.3 Å². The molecule has 2 N–H and O–H groups in total. The molecule has 2 unspecified atom stereocenters. The van der Waals surface area contributed by atoms with Gasteiger partial charge >= 0.3 is 0 Å². The topological polar surface area (TPSA) is 73.8 Å². The largest absolute Gasteiger partial charge is 0.353 e. The van der Waals surface area contributed by atoms with Gasteiger partial charge in [0.05, 0.1) is 16.4 Å². The molecule has 0 spiro atoms. The van der Waals surface area contributed by atoms with Crippen LogP contribution in [-0.4, -0.2) is 48.2 Å². The van der Waals surface area contributed by atoms with Crippen molar-refractivity contribution >= 4 is 47.1 Å². The smallest absolute Gasteiger partial charge is 0.252 e. The van der Waals surface area contributed by atoms with Crippen LogP contribution < -0.4 is 10.6 Å². The van der Waals surface area contributed by atoms with Gasteiger partial charge in [0.15, 0.2) is 6.04 Å². The molecule has 24 heavy (non-hydrogen) atoms. The fraction of sp³-hybridized carbons (Fsp3) is 0.312. The van der Waals surface area contributed by atoms with Crippen molar-refractivity contribution in [3.63, 3.8) is 0 Å². The number of benzene rings is 1. The molecule has 126 valence electrons. The van der Waals surface area contributed by atoms with Crippen LogP contribution >= 0.6 is 23.2 Å². The Bertz CT molecular complexity index is 748. The first kappa shape index (κ1) is 16.8. The van der Waals surface area contributed by atoms with Crippen LogP contribution in [0.5, 0.6) is 0 Å². The molecule has 2 atom stereocenters. The number of aliphatic imine (C=N–C) groups is 1. The lowest BCUT2D eigenvalue weighted by Gasteiger charge is -2.34. The van der Waals surface area contributed by atoms with Crippen LogP contribution in [0.3, 0.4) is 0 Å². The average molecular weight is 367 g/mol. The standard InChI is InChI=1S/C16H16Cl2N4O2/c1-9-15(23)19-4-5-22(9)16(24)14-7-13(20-8-21-14)10-2-3-11(17)12(18)6-10/h2-3,6-9,14H,4-5H2,1H3,(H,19,23)(H,20,21). The highest BCUT2D eigenvalue weighted by atomic mass is 35.5. The first-order chi connectivity index (χ1) is 11.5. The Labute approximate surface area is 149 Å². The SMILES string of the molecule is CC1C(=O)NCCN1C(=O)C1C=C(c2ccc(Cl)c(Cl)c2)NC=N1. The van der Waals surface area contributed by atoms with Crippen molar-refractivity contribution in [3.05, 3.63) is 39.9 Å². The second kappa shape index (κ2) is 6.83. The van der Waals surface area contributed by atoms with Crippen molar-refractivity contribution in [2.45, 2.75) is 19.0 Å². The number of hydrogen-bond donors (Lipinski definition) is 2. The maximum atomic E-state index is 12.7. The summed E-state index contributed by atoms with van der Waals surface area (Å²) in [4.78, 5) is 30.2. The predicted octanol–water partition coefficient (Wildman–Crippen LogP) is 1.68. The lowest BCUT2D eigenvalue weighted by Crippen LogP contribution is -2.57. The second-order valence-electron chi connectivity index (χ2n) is 5.58. The van der Waals surface area contributed by atoms with Crippen LogP contribution in [0.4, 0.5) is 0 Å². The predicted molar refractivity (Wildman–Crippen MR) is 94.0 cm³/mol. The van der Waals surface area contributed by atoms with Crippen LogP contribution in [0.2, 0.25) is 10.0 Å². The van der Waals surface area contributed by atoms with E-state index in [1.54, 1.807) is 30.0 Å². The summed E-state index contributed by atoms with van der Waals surface area (Å²) in [5.74, 6) is -0.353. The minimum absolute atomic E-state index is 0.152. The van der Waals surface area contributed by atoms with Crippen molar-refractivity contribution < 1.29 is 9.59 Å². The van der Waals surface area contributed by atoms with E-state index in [2.05, 4.69) is 15.6 Å². The molecule has 6 nitrogen and oxygen atoms in total. The molecule has 1 saturated heterocycles. The van der Waals surface area contributed by atoms with E-state index in [-0.39, 0.29) is 11.8 Å². The molecule has 2 aliphatic heterocycles. The summed E-state index contributed by atoms with van der Waals surface area (Å²) in [7, 11) is 0. The molecule has 1 fully saturated rings. The van der Waals surface area contributed by atoms with Crippen molar-refractivity contribution in [1.82, 2.24) is 15.5 Å².